The summed E-state index contributed by atoms with van der Waals surface area (Å²) >= 11 is 11.7. The van der Waals surface area contributed by atoms with Crippen molar-refractivity contribution in [2.24, 2.45) is 37.8 Å². The number of ether oxygens (including phenoxy) is 1. The number of aliphatic hydroxyl groups excluding tert-OH is 1. The molecule has 332 valence electrons. The summed E-state index contributed by atoms with van der Waals surface area (Å²) in [4.78, 5) is 39.9. The number of anilines is 4. The Balaban J connectivity index is 0.000000171. The predicted octanol–water partition coefficient (Wildman–Crippen LogP) is 6.67. The minimum absolute atomic E-state index is 0.0554. The van der Waals surface area contributed by atoms with Crippen LogP contribution in [-0.4, -0.2) is 85.9 Å². The van der Waals surface area contributed by atoms with Gasteiger partial charge in [-0.1, -0.05) is 23.2 Å². The Morgan fingerprint density at radius 2 is 1.23 bits per heavy atom. The average Bonchev–Trinajstić information content (AvgIpc) is 4.10. The number of nitrogens with zero attached hydrogens (tertiary/aromatic N) is 5. The third-order valence-electron chi connectivity index (χ3n) is 13.6. The highest BCUT2D eigenvalue weighted by molar-refractivity contribution is 6.31. The molecule has 4 saturated carbocycles. The van der Waals surface area contributed by atoms with Gasteiger partial charge in [0.1, 0.15) is 41.0 Å². The molecule has 8 N–H and O–H groups in total. The number of nitrogens with two attached hydrogens (primary N) is 2. The van der Waals surface area contributed by atoms with Crippen molar-refractivity contribution in [3.63, 3.8) is 0 Å². The zero-order valence-electron chi connectivity index (χ0n) is 34.6. The quantitative estimate of drug-likeness (QED) is 0.0997. The van der Waals surface area contributed by atoms with E-state index in [2.05, 4.69) is 26.1 Å². The highest BCUT2D eigenvalue weighted by atomic mass is 35.5. The molecule has 4 unspecified atom stereocenters. The minimum Gasteiger partial charge on any atom is -0.448 e. The maximum atomic E-state index is 13.4. The van der Waals surface area contributed by atoms with Gasteiger partial charge in [-0.15, -0.1) is 0 Å². The largest absolute Gasteiger partial charge is 0.448 e. The van der Waals surface area contributed by atoms with Crippen LogP contribution in [0.25, 0.3) is 0 Å². The number of carbonyl (C=O) groups excluding carboxylic acids is 3. The number of aromatic nitrogens is 4. The molecule has 0 spiro atoms. The van der Waals surface area contributed by atoms with Crippen molar-refractivity contribution < 1.29 is 33.0 Å². The van der Waals surface area contributed by atoms with Crippen LogP contribution in [0.3, 0.4) is 0 Å². The Labute approximate surface area is 367 Å². The number of fused-ring (bicyclic) bond motifs is 2. The van der Waals surface area contributed by atoms with Gasteiger partial charge >= 0.3 is 6.09 Å². The molecule has 2 aromatic heterocycles. The van der Waals surface area contributed by atoms with Crippen molar-refractivity contribution in [2.45, 2.75) is 75.3 Å². The van der Waals surface area contributed by atoms with Crippen LogP contribution in [0.15, 0.2) is 36.4 Å². The molecule has 1 aliphatic heterocycles. The van der Waals surface area contributed by atoms with Crippen LogP contribution in [0.1, 0.15) is 95.3 Å². The lowest BCUT2D eigenvalue weighted by Crippen LogP contribution is -2.34. The first-order valence-electron chi connectivity index (χ1n) is 21.1. The number of hydrogen-bond donors (Lipinski definition) is 6. The molecule has 5 fully saturated rings. The predicted molar refractivity (Wildman–Crippen MR) is 231 cm³/mol. The van der Waals surface area contributed by atoms with Crippen molar-refractivity contribution in [3.05, 3.63) is 80.6 Å². The fraction of sp³-hybridized carbons (Fsp3) is 0.512. The number of cyclic esters (lactones) is 1. The van der Waals surface area contributed by atoms with E-state index in [1.807, 2.05) is 4.90 Å². The number of aliphatic hydroxyl groups is 1. The van der Waals surface area contributed by atoms with E-state index in [0.29, 0.717) is 89.2 Å². The highest BCUT2D eigenvalue weighted by Gasteiger charge is 2.48. The van der Waals surface area contributed by atoms with Gasteiger partial charge in [-0.3, -0.25) is 19.0 Å². The first-order chi connectivity index (χ1) is 29.7. The highest BCUT2D eigenvalue weighted by Crippen LogP contribution is 2.53. The SMILES string of the molecule is Cn1nc(C2CC3CC(N4CCOC4=O)CC3C2)c(C(=O)Nc2ccc(F)c(Cl)c2)c1N.Cn1nc(C2CC3CC(NCCO)CC3C2)c(C(=O)Nc2ccc(F)c(Cl)c2)c1N. The van der Waals surface area contributed by atoms with Crippen LogP contribution in [0.4, 0.5) is 36.6 Å². The maximum absolute atomic E-state index is 13.4. The molecule has 4 atom stereocenters. The number of nitrogen functional groups attached to an aromatic ring is 2. The topological polar surface area (TPSA) is 208 Å². The number of nitrogens with one attached hydrogen (secondary N) is 3. The third kappa shape index (κ3) is 8.81. The van der Waals surface area contributed by atoms with Gasteiger partial charge in [0.25, 0.3) is 11.8 Å². The molecule has 4 aliphatic carbocycles. The van der Waals surface area contributed by atoms with Gasteiger partial charge in [-0.25, -0.2) is 13.6 Å². The van der Waals surface area contributed by atoms with Crippen molar-refractivity contribution in [3.8, 4) is 0 Å². The number of aryl methyl sites for hydroxylation is 2. The Morgan fingerprint density at radius 1 is 0.774 bits per heavy atom. The number of halogens is 4. The van der Waals surface area contributed by atoms with Crippen LogP contribution in [-0.2, 0) is 18.8 Å². The number of hydrogen-bond acceptors (Lipinski definition) is 10. The summed E-state index contributed by atoms with van der Waals surface area (Å²) in [5, 5.41) is 27.0. The van der Waals surface area contributed by atoms with E-state index in [1.54, 1.807) is 18.8 Å². The first kappa shape index (κ1) is 43.7. The van der Waals surface area contributed by atoms with Crippen molar-refractivity contribution in [2.75, 3.05) is 48.4 Å². The zero-order chi connectivity index (χ0) is 44.0. The molecule has 19 heteroatoms. The molecule has 2 aromatic carbocycles. The second-order valence-corrected chi connectivity index (χ2v) is 18.2. The number of carbonyl (C=O) groups is 3. The summed E-state index contributed by atoms with van der Waals surface area (Å²) < 4.78 is 35.0. The van der Waals surface area contributed by atoms with Crippen LogP contribution in [0.5, 0.6) is 0 Å². The number of rotatable bonds is 10. The second-order valence-electron chi connectivity index (χ2n) is 17.4. The average molecular weight is 898 g/mol. The van der Waals surface area contributed by atoms with Crippen LogP contribution < -0.4 is 27.4 Å². The maximum Gasteiger partial charge on any atom is 0.410 e. The molecule has 9 rings (SSSR count). The first-order valence-corrected chi connectivity index (χ1v) is 21.9. The molecule has 62 heavy (non-hydrogen) atoms. The van der Waals surface area contributed by atoms with Crippen molar-refractivity contribution >= 4 is 64.1 Å². The molecule has 4 aromatic rings. The van der Waals surface area contributed by atoms with E-state index in [4.69, 9.17) is 44.5 Å². The summed E-state index contributed by atoms with van der Waals surface area (Å²) in [5.41, 5.74) is 15.4. The van der Waals surface area contributed by atoms with Gasteiger partial charge in [-0.2, -0.15) is 10.2 Å². The fourth-order valence-corrected chi connectivity index (χ4v) is 11.1. The molecular formula is C43H52Cl2F2N10O5. The normalized spacial score (nSPS) is 26.2. The summed E-state index contributed by atoms with van der Waals surface area (Å²) in [6, 6.07) is 8.76. The molecule has 3 heterocycles. The lowest BCUT2D eigenvalue weighted by atomic mass is 9.95. The van der Waals surface area contributed by atoms with Gasteiger partial charge in [0.15, 0.2) is 0 Å². The zero-order valence-corrected chi connectivity index (χ0v) is 36.1. The Hall–Kier alpha value is -4.97. The minimum atomic E-state index is -0.552. The fourth-order valence-electron chi connectivity index (χ4n) is 10.8. The van der Waals surface area contributed by atoms with Gasteiger partial charge < -0.3 is 42.2 Å². The molecule has 0 bridgehead atoms. The number of amides is 3. The number of benzene rings is 2. The lowest BCUT2D eigenvalue weighted by molar-refractivity contribution is 0.101. The molecule has 5 aliphatic rings. The summed E-state index contributed by atoms with van der Waals surface area (Å²) in [6.07, 6.45) is 7.62. The summed E-state index contributed by atoms with van der Waals surface area (Å²) in [5.74, 6) is 1.20. The van der Waals surface area contributed by atoms with Crippen LogP contribution >= 0.6 is 23.2 Å². The lowest BCUT2D eigenvalue weighted by Gasteiger charge is -2.22. The van der Waals surface area contributed by atoms with Crippen LogP contribution in [0.2, 0.25) is 10.0 Å². The van der Waals surface area contributed by atoms with E-state index in [-0.39, 0.29) is 52.4 Å². The Kier molecular flexibility index (Phi) is 12.7. The Bertz CT molecular complexity index is 2330. The van der Waals surface area contributed by atoms with Crippen LogP contribution in [0, 0.1) is 35.3 Å². The van der Waals surface area contributed by atoms with Crippen molar-refractivity contribution in [1.29, 1.82) is 0 Å². The van der Waals surface area contributed by atoms with E-state index in [0.717, 1.165) is 57.1 Å². The van der Waals surface area contributed by atoms with Crippen molar-refractivity contribution in [1.82, 2.24) is 29.8 Å². The monoisotopic (exact) mass is 896 g/mol. The standard InChI is InChI=1S/C22H25ClFN5O3.C21H27ClFN5O2/c1-28-20(25)18(21(30)26-14-2-3-17(24)16(23)10-14)19(27-28)13-6-11-8-15(9-12(11)7-13)29-4-5-32-22(29)31;1-28-20(24)18(21(30)26-14-2-3-17(23)16(22)10-14)19(27-28)13-6-11-8-15(25-4-5-29)9-12(11)7-13/h2-3,10-13,15H,4-9,25H2,1H3,(H,26,30);2-3,10-13,15,25,29H,4-9,24H2,1H3,(H,26,30). The molecule has 1 saturated heterocycles. The molecular weight excluding hydrogens is 845 g/mol. The van der Waals surface area contributed by atoms with E-state index < -0.39 is 11.6 Å². The van der Waals surface area contributed by atoms with Gasteiger partial charge in [0, 0.05) is 55.9 Å². The van der Waals surface area contributed by atoms with Gasteiger partial charge in [0.2, 0.25) is 0 Å². The van der Waals surface area contributed by atoms with Gasteiger partial charge in [-0.05, 0) is 111 Å². The van der Waals surface area contributed by atoms with E-state index >= 15 is 0 Å². The summed E-state index contributed by atoms with van der Waals surface area (Å²) in [7, 11) is 3.45. The van der Waals surface area contributed by atoms with E-state index in [9.17, 15) is 23.2 Å². The second kappa shape index (κ2) is 18.0. The smallest absolute Gasteiger partial charge is 0.410 e. The Morgan fingerprint density at radius 3 is 1.63 bits per heavy atom. The van der Waals surface area contributed by atoms with Gasteiger partial charge in [0.05, 0.1) is 34.6 Å². The van der Waals surface area contributed by atoms with E-state index in [1.165, 1.54) is 41.1 Å². The summed E-state index contributed by atoms with van der Waals surface area (Å²) in [6.45, 7) is 1.92. The third-order valence-corrected chi connectivity index (χ3v) is 14.2. The molecule has 15 nitrogen and oxygen atoms in total. The molecule has 3 amide bonds. The molecule has 0 radical (unpaired) electrons.